The number of hydrogen-bond donors (Lipinski definition) is 3. The van der Waals surface area contributed by atoms with Crippen molar-refractivity contribution in [1.82, 2.24) is 24.8 Å². The van der Waals surface area contributed by atoms with Crippen molar-refractivity contribution in [3.63, 3.8) is 0 Å². The van der Waals surface area contributed by atoms with Gasteiger partial charge in [0.1, 0.15) is 29.0 Å². The number of hydrogen-bond acceptors (Lipinski definition) is 8. The lowest BCUT2D eigenvalue weighted by atomic mass is 9.86. The molecule has 1 aromatic heterocycles. The molecule has 0 radical (unpaired) electrons. The molecular formula is C41H53N5O8S. The second kappa shape index (κ2) is 13.8. The molecule has 8 rings (SSSR count). The molecule has 55 heavy (non-hydrogen) atoms. The van der Waals surface area contributed by atoms with Crippen molar-refractivity contribution in [2.75, 3.05) is 13.1 Å². The largest absolute Gasteiger partial charge is 0.483 e. The summed E-state index contributed by atoms with van der Waals surface area (Å²) in [6.45, 7) is 5.62. The minimum Gasteiger partial charge on any atom is -0.483 e. The summed E-state index contributed by atoms with van der Waals surface area (Å²) in [6.07, 6.45) is 10.2. The van der Waals surface area contributed by atoms with Crippen LogP contribution in [0, 0.1) is 11.8 Å². The molecule has 3 N–H and O–H groups in total. The number of amides is 4. The number of allylic oxidation sites excluding steroid dienone is 1. The molecule has 3 aliphatic heterocycles. The molecule has 4 fully saturated rings. The molecule has 5 atom stereocenters. The number of rotatable bonds is 7. The van der Waals surface area contributed by atoms with E-state index in [0.717, 1.165) is 47.8 Å². The van der Waals surface area contributed by atoms with Crippen LogP contribution in [0.15, 0.2) is 36.4 Å². The summed E-state index contributed by atoms with van der Waals surface area (Å²) in [5.41, 5.74) is 0.394. The molecule has 1 aromatic carbocycles. The van der Waals surface area contributed by atoms with Gasteiger partial charge in [-0.25, -0.2) is 18.2 Å². The van der Waals surface area contributed by atoms with Gasteiger partial charge in [0.05, 0.1) is 22.5 Å². The quantitative estimate of drug-likeness (QED) is 0.321. The number of aromatic nitrogens is 1. The first-order valence-electron chi connectivity index (χ1n) is 20.1. The van der Waals surface area contributed by atoms with Gasteiger partial charge in [0.2, 0.25) is 21.8 Å². The second-order valence-corrected chi connectivity index (χ2v) is 19.8. The van der Waals surface area contributed by atoms with E-state index in [9.17, 15) is 32.7 Å². The number of fused-ring (bicyclic) bond motifs is 5. The number of aryl methyl sites for hydroxylation is 1. The second-order valence-electron chi connectivity index (χ2n) is 17.6. The van der Waals surface area contributed by atoms with E-state index in [2.05, 4.69) is 10.0 Å². The van der Waals surface area contributed by atoms with Crippen LogP contribution in [-0.2, 0) is 30.8 Å². The number of carboxylic acid groups (broad SMARTS) is 1. The number of para-hydroxylation sites is 1. The van der Waals surface area contributed by atoms with Crippen LogP contribution in [0.5, 0.6) is 5.75 Å². The van der Waals surface area contributed by atoms with Gasteiger partial charge in [0.25, 0.3) is 5.91 Å². The number of ether oxygens (including phenoxy) is 1. The summed E-state index contributed by atoms with van der Waals surface area (Å²) in [6, 6.07) is 5.89. The summed E-state index contributed by atoms with van der Waals surface area (Å²) < 4.78 is 34.8. The van der Waals surface area contributed by atoms with E-state index in [1.807, 2.05) is 50.3 Å². The van der Waals surface area contributed by atoms with Gasteiger partial charge >= 0.3 is 6.09 Å². The summed E-state index contributed by atoms with van der Waals surface area (Å²) in [5, 5.41) is 14.4. The standard InChI is InChI=1S/C41H53N5O8S/c1-25(2)23-45(38(50)51)31-14-8-6-4-5-7-11-27-21-41(27,37(49)44-55(52,53)39(3)19-20-39)43-35(47)32-22-40(24-46(32)36(31)48)18-17-29-28-12-9-10-13-30(28)42-33(26-15-16-26)34(29)54-40/h7,9-13,25-27,31-32H,4-6,8,14-24H2,1-3H3,(H,43,47)(H,44,49)(H,50,51)/b11-7-/t27-,31+,32+,40-,41-/m1/s1. The number of carbonyl (C=O) groups is 4. The lowest BCUT2D eigenvalue weighted by Gasteiger charge is -2.38. The van der Waals surface area contributed by atoms with Crippen molar-refractivity contribution in [3.8, 4) is 5.75 Å². The van der Waals surface area contributed by atoms with Gasteiger partial charge in [-0.15, -0.1) is 0 Å². The van der Waals surface area contributed by atoms with E-state index in [1.165, 1.54) is 9.80 Å². The van der Waals surface area contributed by atoms with Gasteiger partial charge in [-0.1, -0.05) is 57.0 Å². The van der Waals surface area contributed by atoms with Crippen LogP contribution in [0.2, 0.25) is 0 Å². The molecule has 3 saturated carbocycles. The molecule has 4 amide bonds. The Morgan fingerprint density at radius 2 is 1.85 bits per heavy atom. The number of nitrogens with zero attached hydrogens (tertiary/aromatic N) is 3. The number of sulfonamides is 1. The minimum absolute atomic E-state index is 0.0460. The first-order chi connectivity index (χ1) is 26.2. The maximum absolute atomic E-state index is 15.0. The highest BCUT2D eigenvalue weighted by atomic mass is 32.2. The van der Waals surface area contributed by atoms with Gasteiger partial charge in [-0.3, -0.25) is 24.0 Å². The summed E-state index contributed by atoms with van der Waals surface area (Å²) in [7, 11) is -3.99. The molecule has 2 aromatic rings. The molecule has 0 bridgehead atoms. The third-order valence-electron chi connectivity index (χ3n) is 12.9. The Morgan fingerprint density at radius 3 is 2.56 bits per heavy atom. The minimum atomic E-state index is -3.99. The predicted molar refractivity (Wildman–Crippen MR) is 205 cm³/mol. The smallest absolute Gasteiger partial charge is 0.407 e. The molecule has 1 spiro atoms. The SMILES string of the molecule is CC(C)CN(C(=O)O)[C@H]1CCCCC/C=C\[C@@H]2C[C@@]2(C(=O)NS(=O)(=O)C2(C)CC2)NC(=O)[C@@H]2C[C@]3(CCc4c(c(C5CC5)nc5ccccc45)O3)CN2C1=O. The predicted octanol–water partition coefficient (Wildman–Crippen LogP) is 5.18. The monoisotopic (exact) mass is 775 g/mol. The normalized spacial score (nSPS) is 30.9. The Morgan fingerprint density at radius 1 is 1.09 bits per heavy atom. The van der Waals surface area contributed by atoms with Crippen LogP contribution in [0.4, 0.5) is 4.79 Å². The van der Waals surface area contributed by atoms with E-state index in [1.54, 1.807) is 6.92 Å². The maximum atomic E-state index is 15.0. The van der Waals surface area contributed by atoms with Crippen molar-refractivity contribution in [1.29, 1.82) is 0 Å². The zero-order valence-corrected chi connectivity index (χ0v) is 32.8. The topological polar surface area (TPSA) is 175 Å². The molecule has 6 aliphatic rings. The Hall–Kier alpha value is -4.20. The molecule has 14 heteroatoms. The molecule has 3 aliphatic carbocycles. The zero-order chi connectivity index (χ0) is 38.9. The average molecular weight is 776 g/mol. The third kappa shape index (κ3) is 6.97. The number of pyridine rings is 1. The first kappa shape index (κ1) is 37.7. The van der Waals surface area contributed by atoms with E-state index < -0.39 is 67.7 Å². The first-order valence-corrected chi connectivity index (χ1v) is 21.6. The Labute approximate surface area is 322 Å². The van der Waals surface area contributed by atoms with Crippen LogP contribution < -0.4 is 14.8 Å². The van der Waals surface area contributed by atoms with Crippen molar-refractivity contribution >= 4 is 44.7 Å². The summed E-state index contributed by atoms with van der Waals surface area (Å²) in [4.78, 5) is 64.3. The maximum Gasteiger partial charge on any atom is 0.407 e. The Bertz CT molecular complexity index is 2060. The molecule has 4 heterocycles. The summed E-state index contributed by atoms with van der Waals surface area (Å²) in [5.74, 6) is -1.31. The van der Waals surface area contributed by atoms with Crippen LogP contribution in [-0.4, -0.2) is 93.2 Å². The van der Waals surface area contributed by atoms with Gasteiger partial charge in [0.15, 0.2) is 0 Å². The molecular weight excluding hydrogens is 723 g/mol. The fourth-order valence-electron chi connectivity index (χ4n) is 9.01. The van der Waals surface area contributed by atoms with Gasteiger partial charge < -0.3 is 20.1 Å². The average Bonchev–Trinajstić information content (AvgIpc) is 4.07. The van der Waals surface area contributed by atoms with Crippen LogP contribution in [0.25, 0.3) is 10.9 Å². The zero-order valence-electron chi connectivity index (χ0n) is 32.0. The Kier molecular flexibility index (Phi) is 9.44. The van der Waals surface area contributed by atoms with Crippen molar-refractivity contribution < 1.29 is 37.4 Å². The van der Waals surface area contributed by atoms with Crippen LogP contribution in [0.3, 0.4) is 0 Å². The van der Waals surface area contributed by atoms with E-state index >= 15 is 0 Å². The Balaban J connectivity index is 1.17. The fourth-order valence-corrected chi connectivity index (χ4v) is 10.3. The lowest BCUT2D eigenvalue weighted by molar-refractivity contribution is -0.143. The number of carbonyl (C=O) groups excluding carboxylic acids is 3. The number of nitrogens with one attached hydrogen (secondary N) is 2. The van der Waals surface area contributed by atoms with Crippen molar-refractivity contribution in [2.45, 2.75) is 138 Å². The molecule has 296 valence electrons. The molecule has 1 saturated heterocycles. The highest BCUT2D eigenvalue weighted by Gasteiger charge is 2.64. The highest BCUT2D eigenvalue weighted by Crippen LogP contribution is 2.52. The van der Waals surface area contributed by atoms with Crippen molar-refractivity contribution in [2.24, 2.45) is 11.8 Å². The van der Waals surface area contributed by atoms with E-state index in [4.69, 9.17) is 9.72 Å². The van der Waals surface area contributed by atoms with Crippen LogP contribution >= 0.6 is 0 Å². The fraction of sp³-hybridized carbons (Fsp3) is 0.634. The van der Waals surface area contributed by atoms with Gasteiger partial charge in [0, 0.05) is 35.8 Å². The molecule has 0 unspecified atom stereocenters. The van der Waals surface area contributed by atoms with Gasteiger partial charge in [-0.05, 0) is 83.1 Å². The number of benzene rings is 1. The van der Waals surface area contributed by atoms with Crippen molar-refractivity contribution in [3.05, 3.63) is 47.7 Å². The van der Waals surface area contributed by atoms with Gasteiger partial charge in [-0.2, -0.15) is 0 Å². The highest BCUT2D eigenvalue weighted by molar-refractivity contribution is 7.91. The molecule has 13 nitrogen and oxygen atoms in total. The van der Waals surface area contributed by atoms with E-state index in [-0.39, 0.29) is 37.8 Å². The van der Waals surface area contributed by atoms with E-state index in [0.29, 0.717) is 50.7 Å². The lowest BCUT2D eigenvalue weighted by Crippen LogP contribution is -2.59. The summed E-state index contributed by atoms with van der Waals surface area (Å²) >= 11 is 0. The van der Waals surface area contributed by atoms with Crippen LogP contribution in [0.1, 0.15) is 115 Å². The third-order valence-corrected chi connectivity index (χ3v) is 15.0.